The van der Waals surface area contributed by atoms with Crippen LogP contribution < -0.4 is 15.1 Å². The third-order valence-corrected chi connectivity index (χ3v) is 5.74. The summed E-state index contributed by atoms with van der Waals surface area (Å²) in [5, 5.41) is 2.93. The zero-order chi connectivity index (χ0) is 18.4. The minimum Gasteiger partial charge on any atom is -0.324 e. The lowest BCUT2D eigenvalue weighted by Gasteiger charge is -2.44. The molecule has 2 amide bonds. The Balaban J connectivity index is 1.93. The maximum Gasteiger partial charge on any atom is 0.285 e. The molecule has 0 spiro atoms. The van der Waals surface area contributed by atoms with Gasteiger partial charge in [-0.05, 0) is 39.3 Å². The predicted molar refractivity (Wildman–Crippen MR) is 99.7 cm³/mol. The third kappa shape index (κ3) is 3.17. The molecule has 1 aromatic carbocycles. The van der Waals surface area contributed by atoms with Gasteiger partial charge in [-0.25, -0.2) is 0 Å². The minimum atomic E-state index is -0.897. The Bertz CT molecular complexity index is 675. The summed E-state index contributed by atoms with van der Waals surface area (Å²) in [6, 6.07) is 7.39. The molecule has 5 heteroatoms. The van der Waals surface area contributed by atoms with Crippen LogP contribution in [0.3, 0.4) is 0 Å². The number of anilines is 2. The number of benzene rings is 1. The van der Waals surface area contributed by atoms with Gasteiger partial charge in [0.1, 0.15) is 5.54 Å². The number of rotatable bonds is 2. The summed E-state index contributed by atoms with van der Waals surface area (Å²) >= 11 is 0. The highest BCUT2D eigenvalue weighted by Crippen LogP contribution is 2.36. The van der Waals surface area contributed by atoms with E-state index in [1.807, 2.05) is 45.0 Å². The van der Waals surface area contributed by atoms with E-state index in [1.165, 1.54) is 11.3 Å². The fraction of sp³-hybridized carbons (Fsp3) is 0.600. The van der Waals surface area contributed by atoms with Crippen LogP contribution in [0.25, 0.3) is 0 Å². The fourth-order valence-electron chi connectivity index (χ4n) is 4.40. The SMILES string of the molecule is C[C@@H]1C[C@@H](C)C[NH+]([C@@H](C)C(=O)N2c3ccccc3NC(=O)C2(C)C)C1. The largest absolute Gasteiger partial charge is 0.324 e. The van der Waals surface area contributed by atoms with E-state index >= 15 is 0 Å². The summed E-state index contributed by atoms with van der Waals surface area (Å²) in [4.78, 5) is 29.1. The minimum absolute atomic E-state index is 0.0311. The quantitative estimate of drug-likeness (QED) is 0.858. The van der Waals surface area contributed by atoms with Crippen molar-refractivity contribution in [3.8, 4) is 0 Å². The van der Waals surface area contributed by atoms with E-state index in [4.69, 9.17) is 0 Å². The summed E-state index contributed by atoms with van der Waals surface area (Å²) in [6.07, 6.45) is 1.23. The van der Waals surface area contributed by atoms with Gasteiger partial charge in [-0.1, -0.05) is 26.0 Å². The maximum absolute atomic E-state index is 13.5. The zero-order valence-electron chi connectivity index (χ0n) is 15.9. The van der Waals surface area contributed by atoms with E-state index in [2.05, 4.69) is 19.2 Å². The molecule has 5 nitrogen and oxygen atoms in total. The van der Waals surface area contributed by atoms with Gasteiger partial charge >= 0.3 is 0 Å². The molecule has 2 heterocycles. The second-order valence-corrected chi connectivity index (χ2v) is 8.44. The van der Waals surface area contributed by atoms with Crippen LogP contribution in [0.5, 0.6) is 0 Å². The molecule has 136 valence electrons. The molecule has 0 saturated carbocycles. The Morgan fingerprint density at radius 3 is 2.48 bits per heavy atom. The van der Waals surface area contributed by atoms with Crippen LogP contribution in [0.2, 0.25) is 0 Å². The number of fused-ring (bicyclic) bond motifs is 1. The van der Waals surface area contributed by atoms with E-state index in [1.54, 1.807) is 4.90 Å². The van der Waals surface area contributed by atoms with Crippen LogP contribution in [0.1, 0.15) is 41.0 Å². The molecule has 2 aliphatic rings. The Labute approximate surface area is 150 Å². The first-order chi connectivity index (χ1) is 11.7. The van der Waals surface area contributed by atoms with Gasteiger partial charge < -0.3 is 10.2 Å². The number of likely N-dealkylation sites (tertiary alicyclic amines) is 1. The number of para-hydroxylation sites is 2. The smallest absolute Gasteiger partial charge is 0.285 e. The van der Waals surface area contributed by atoms with Gasteiger partial charge in [0.25, 0.3) is 5.91 Å². The van der Waals surface area contributed by atoms with Crippen LogP contribution in [-0.4, -0.2) is 36.5 Å². The number of hydrogen-bond acceptors (Lipinski definition) is 2. The molecule has 0 bridgehead atoms. The zero-order valence-corrected chi connectivity index (χ0v) is 15.9. The van der Waals surface area contributed by atoms with Gasteiger partial charge in [-0.2, -0.15) is 0 Å². The van der Waals surface area contributed by atoms with Crippen molar-refractivity contribution < 1.29 is 14.5 Å². The van der Waals surface area contributed by atoms with E-state index in [9.17, 15) is 9.59 Å². The molecule has 25 heavy (non-hydrogen) atoms. The highest BCUT2D eigenvalue weighted by molar-refractivity contribution is 6.14. The Morgan fingerprint density at radius 1 is 1.24 bits per heavy atom. The number of amides is 2. The Kier molecular flexibility index (Phi) is 4.62. The molecule has 2 aliphatic heterocycles. The summed E-state index contributed by atoms with van der Waals surface area (Å²) in [5.41, 5.74) is 0.607. The molecule has 1 fully saturated rings. The van der Waals surface area contributed by atoms with Crippen molar-refractivity contribution in [2.75, 3.05) is 23.3 Å². The molecule has 0 unspecified atom stereocenters. The van der Waals surface area contributed by atoms with Crippen LogP contribution in [-0.2, 0) is 9.59 Å². The Morgan fingerprint density at radius 2 is 1.84 bits per heavy atom. The number of carbonyl (C=O) groups is 2. The van der Waals surface area contributed by atoms with Crippen molar-refractivity contribution in [2.24, 2.45) is 11.8 Å². The van der Waals surface area contributed by atoms with Crippen molar-refractivity contribution in [3.63, 3.8) is 0 Å². The molecule has 1 aromatic rings. The molecule has 0 aliphatic carbocycles. The van der Waals surface area contributed by atoms with Gasteiger partial charge in [-0.3, -0.25) is 14.5 Å². The summed E-state index contributed by atoms with van der Waals surface area (Å²) in [7, 11) is 0. The van der Waals surface area contributed by atoms with Gasteiger partial charge in [0.05, 0.1) is 24.5 Å². The number of piperidine rings is 1. The molecule has 0 radical (unpaired) electrons. The number of quaternary nitrogens is 1. The lowest BCUT2D eigenvalue weighted by Crippen LogP contribution is -3.18. The van der Waals surface area contributed by atoms with Gasteiger partial charge in [0.2, 0.25) is 5.91 Å². The molecular formula is C20H30N3O2+. The van der Waals surface area contributed by atoms with E-state index in [0.717, 1.165) is 18.8 Å². The fourth-order valence-corrected chi connectivity index (χ4v) is 4.40. The van der Waals surface area contributed by atoms with Crippen LogP contribution >= 0.6 is 0 Å². The van der Waals surface area contributed by atoms with Crippen molar-refractivity contribution in [1.82, 2.24) is 0 Å². The van der Waals surface area contributed by atoms with Crippen LogP contribution in [0, 0.1) is 11.8 Å². The highest BCUT2D eigenvalue weighted by atomic mass is 16.2. The number of nitrogens with zero attached hydrogens (tertiary/aromatic N) is 1. The lowest BCUT2D eigenvalue weighted by molar-refractivity contribution is -0.925. The summed E-state index contributed by atoms with van der Waals surface area (Å²) in [6.45, 7) is 12.2. The summed E-state index contributed by atoms with van der Waals surface area (Å²) < 4.78 is 0. The third-order valence-electron chi connectivity index (χ3n) is 5.74. The van der Waals surface area contributed by atoms with E-state index in [-0.39, 0.29) is 17.9 Å². The molecule has 1 saturated heterocycles. The first-order valence-electron chi connectivity index (χ1n) is 9.31. The van der Waals surface area contributed by atoms with Gasteiger partial charge in [0.15, 0.2) is 6.04 Å². The lowest BCUT2D eigenvalue weighted by atomic mass is 9.90. The van der Waals surface area contributed by atoms with Crippen molar-refractivity contribution in [2.45, 2.75) is 52.6 Å². The number of carbonyl (C=O) groups excluding carboxylic acids is 2. The molecule has 2 N–H and O–H groups in total. The average molecular weight is 344 g/mol. The second kappa shape index (κ2) is 6.45. The average Bonchev–Trinajstić information content (AvgIpc) is 2.53. The molecular weight excluding hydrogens is 314 g/mol. The maximum atomic E-state index is 13.5. The monoisotopic (exact) mass is 344 g/mol. The first kappa shape index (κ1) is 17.9. The summed E-state index contributed by atoms with van der Waals surface area (Å²) in [5.74, 6) is 1.14. The van der Waals surface area contributed by atoms with E-state index in [0.29, 0.717) is 17.5 Å². The normalized spacial score (nSPS) is 29.6. The molecule has 0 aromatic heterocycles. The second-order valence-electron chi connectivity index (χ2n) is 8.44. The number of nitrogens with one attached hydrogen (secondary N) is 2. The standard InChI is InChI=1S/C20H29N3O2/c1-13-10-14(2)12-22(11-13)15(3)18(24)23-17-9-7-6-8-16(17)21-19(25)20(23,4)5/h6-9,13-15H,10-12H2,1-5H3,(H,21,25)/p+1/t13-,14-,15+/m1/s1. The topological polar surface area (TPSA) is 53.9 Å². The molecule has 3 atom stereocenters. The van der Waals surface area contributed by atoms with Gasteiger partial charge in [-0.15, -0.1) is 0 Å². The van der Waals surface area contributed by atoms with Gasteiger partial charge in [0, 0.05) is 11.8 Å². The first-order valence-corrected chi connectivity index (χ1v) is 9.31. The van der Waals surface area contributed by atoms with Crippen LogP contribution in [0.15, 0.2) is 24.3 Å². The predicted octanol–water partition coefficient (Wildman–Crippen LogP) is 1.70. The van der Waals surface area contributed by atoms with Crippen molar-refractivity contribution in [3.05, 3.63) is 24.3 Å². The van der Waals surface area contributed by atoms with E-state index < -0.39 is 5.54 Å². The van der Waals surface area contributed by atoms with Crippen molar-refractivity contribution in [1.29, 1.82) is 0 Å². The highest BCUT2D eigenvalue weighted by Gasteiger charge is 2.47. The Hall–Kier alpha value is -1.88. The van der Waals surface area contributed by atoms with Crippen LogP contribution in [0.4, 0.5) is 11.4 Å². The van der Waals surface area contributed by atoms with Crippen molar-refractivity contribution >= 4 is 23.2 Å². The number of hydrogen-bond donors (Lipinski definition) is 2. The molecule has 3 rings (SSSR count).